The highest BCUT2D eigenvalue weighted by Gasteiger charge is 2.32. The molecule has 0 radical (unpaired) electrons. The number of hydrogen-bond acceptors (Lipinski definition) is 2. The number of nitrogens with zero attached hydrogens (tertiary/aromatic N) is 2. The molecule has 0 unspecified atom stereocenters. The second-order valence-electron chi connectivity index (χ2n) is 2.84. The lowest BCUT2D eigenvalue weighted by atomic mass is 10.2. The molecule has 0 aliphatic carbocycles. The predicted molar refractivity (Wildman–Crippen MR) is 46.8 cm³/mol. The minimum absolute atomic E-state index is 0.285. The fraction of sp³-hybridized carbons (Fsp3) is 0.111. The molecule has 0 fully saturated rings. The van der Waals surface area contributed by atoms with E-state index in [2.05, 4.69) is 9.97 Å². The molecule has 2 rings (SSSR count). The van der Waals surface area contributed by atoms with E-state index in [0.717, 1.165) is 17.2 Å². The number of aromatic amines is 1. The van der Waals surface area contributed by atoms with Crippen molar-refractivity contribution < 1.29 is 14.6 Å². The third-order valence-electron chi connectivity index (χ3n) is 1.81. The normalized spacial score (nSPS) is 12.6. The summed E-state index contributed by atoms with van der Waals surface area (Å²) in [7, 11) is 0. The van der Waals surface area contributed by atoms with Crippen molar-refractivity contribution in [3.05, 3.63) is 36.5 Å². The Morgan fingerprint density at radius 2 is 2.13 bits per heavy atom. The van der Waals surface area contributed by atoms with Crippen LogP contribution < -0.4 is 0 Å². The standard InChI is InChI=1S/C9H6F3N3/c10-9(11,12)8-3-6(1-2-14-8)7-4-13-5-15-7/h1-5H,(H,13,15)/i/hD. The van der Waals surface area contributed by atoms with Crippen molar-refractivity contribution in [2.24, 2.45) is 0 Å². The largest absolute Gasteiger partial charge is 0.433 e. The van der Waals surface area contributed by atoms with Crippen LogP contribution >= 0.6 is 0 Å². The van der Waals surface area contributed by atoms with Crippen LogP contribution in [0.1, 0.15) is 5.69 Å². The lowest BCUT2D eigenvalue weighted by Gasteiger charge is -2.05. The molecule has 3 nitrogen and oxygen atoms in total. The first-order valence-electron chi connectivity index (χ1n) is 4.48. The van der Waals surface area contributed by atoms with Gasteiger partial charge in [-0.3, -0.25) is 4.98 Å². The second kappa shape index (κ2) is 3.38. The van der Waals surface area contributed by atoms with Gasteiger partial charge in [-0.1, -0.05) is 0 Å². The van der Waals surface area contributed by atoms with Gasteiger partial charge in [-0.05, 0) is 12.1 Å². The van der Waals surface area contributed by atoms with Crippen molar-refractivity contribution in [1.82, 2.24) is 14.9 Å². The highest BCUT2D eigenvalue weighted by atomic mass is 19.4. The molecule has 0 aliphatic rings. The minimum atomic E-state index is -4.47. The zero-order valence-corrected chi connectivity index (χ0v) is 7.36. The van der Waals surface area contributed by atoms with Crippen molar-refractivity contribution >= 4 is 0 Å². The summed E-state index contributed by atoms with van der Waals surface area (Å²) >= 11 is 0. The Kier molecular flexibility index (Phi) is 1.90. The minimum Gasteiger partial charge on any atom is -0.351 e. The van der Waals surface area contributed by atoms with Crippen LogP contribution in [0, 0.1) is 0 Å². The van der Waals surface area contributed by atoms with Crippen molar-refractivity contribution in [1.29, 1.82) is 0 Å². The Hall–Kier alpha value is -1.85. The van der Waals surface area contributed by atoms with Gasteiger partial charge in [-0.15, -0.1) is 0 Å². The van der Waals surface area contributed by atoms with E-state index in [-0.39, 0.29) is 5.56 Å². The Balaban J connectivity index is 2.44. The first kappa shape index (κ1) is 8.46. The summed E-state index contributed by atoms with van der Waals surface area (Å²) < 4.78 is 44.2. The summed E-state index contributed by atoms with van der Waals surface area (Å²) in [5, 5.41) is 0. The van der Waals surface area contributed by atoms with Crippen molar-refractivity contribution in [3.63, 3.8) is 0 Å². The molecule has 0 atom stereocenters. The SMILES string of the molecule is [2H]n1cnc(-c2ccnc(C(F)(F)F)c2)c1. The molecule has 2 aromatic rings. The van der Waals surface area contributed by atoms with Gasteiger partial charge in [-0.25, -0.2) is 4.98 Å². The third kappa shape index (κ3) is 1.98. The van der Waals surface area contributed by atoms with Gasteiger partial charge in [0.1, 0.15) is 5.69 Å². The van der Waals surface area contributed by atoms with Gasteiger partial charge in [0, 0.05) is 18.0 Å². The summed E-state index contributed by atoms with van der Waals surface area (Å²) in [6, 6.07) is 2.32. The maximum absolute atomic E-state index is 12.4. The number of imidazole rings is 1. The molecule has 0 aliphatic heterocycles. The highest BCUT2D eigenvalue weighted by molar-refractivity contribution is 5.58. The van der Waals surface area contributed by atoms with Gasteiger partial charge in [0.2, 0.25) is 0 Å². The lowest BCUT2D eigenvalue weighted by Crippen LogP contribution is -2.07. The van der Waals surface area contributed by atoms with Crippen molar-refractivity contribution in [2.45, 2.75) is 6.18 Å². The Bertz CT molecular complexity index is 507. The van der Waals surface area contributed by atoms with Gasteiger partial charge in [0.25, 0.3) is 0 Å². The smallest absolute Gasteiger partial charge is 0.351 e. The average Bonchev–Trinajstić information content (AvgIpc) is 2.64. The molecule has 1 N–H and O–H groups in total. The number of pyridine rings is 1. The Morgan fingerprint density at radius 3 is 2.73 bits per heavy atom. The zero-order chi connectivity index (χ0) is 11.8. The van der Waals surface area contributed by atoms with Crippen LogP contribution in [0.5, 0.6) is 0 Å². The molecule has 2 heterocycles. The summed E-state index contributed by atoms with van der Waals surface area (Å²) in [5.74, 6) is 0. The van der Waals surface area contributed by atoms with Crippen LogP contribution in [0.2, 0.25) is 1.41 Å². The monoisotopic (exact) mass is 214 g/mol. The summed E-state index contributed by atoms with van der Waals surface area (Å²) in [6.45, 7) is 0. The molecule has 0 bridgehead atoms. The number of halogens is 3. The van der Waals surface area contributed by atoms with Crippen molar-refractivity contribution in [2.75, 3.05) is 0 Å². The topological polar surface area (TPSA) is 41.6 Å². The molecular weight excluding hydrogens is 207 g/mol. The third-order valence-corrected chi connectivity index (χ3v) is 1.81. The Labute approximate surface area is 84.5 Å². The molecule has 0 aromatic carbocycles. The number of nitrogens with one attached hydrogen (secondary N) is 1. The first-order valence-corrected chi connectivity index (χ1v) is 4.03. The van der Waals surface area contributed by atoms with Gasteiger partial charge >= 0.3 is 6.18 Å². The van der Waals surface area contributed by atoms with Crippen LogP contribution in [0.25, 0.3) is 11.3 Å². The number of alkyl halides is 3. The molecule has 15 heavy (non-hydrogen) atoms. The second-order valence-corrected chi connectivity index (χ2v) is 2.84. The zero-order valence-electron chi connectivity index (χ0n) is 8.36. The van der Waals surface area contributed by atoms with Crippen LogP contribution in [-0.2, 0) is 6.18 Å². The number of H-pyrrole nitrogens is 1. The molecule has 0 saturated carbocycles. The van der Waals surface area contributed by atoms with Crippen LogP contribution in [0.3, 0.4) is 0 Å². The molecule has 0 saturated heterocycles. The summed E-state index contributed by atoms with van der Waals surface area (Å²) in [4.78, 5) is 7.95. The van der Waals surface area contributed by atoms with E-state index < -0.39 is 11.9 Å². The maximum atomic E-state index is 12.4. The number of rotatable bonds is 1. The molecular formula is C9H6F3N3. The number of hydrogen-bond donors (Lipinski definition) is 1. The van der Waals surface area contributed by atoms with Crippen LogP contribution in [0.15, 0.2) is 30.9 Å². The van der Waals surface area contributed by atoms with Gasteiger partial charge in [-0.2, -0.15) is 13.2 Å². The average molecular weight is 214 g/mol. The first-order chi connectivity index (χ1) is 7.47. The lowest BCUT2D eigenvalue weighted by molar-refractivity contribution is -0.141. The molecule has 2 aromatic heterocycles. The van der Waals surface area contributed by atoms with E-state index in [1.807, 2.05) is 0 Å². The van der Waals surface area contributed by atoms with Crippen LogP contribution in [0.4, 0.5) is 13.2 Å². The fourth-order valence-corrected chi connectivity index (χ4v) is 1.13. The molecule has 0 amide bonds. The van der Waals surface area contributed by atoms with Gasteiger partial charge in [0.05, 0.1) is 12.0 Å². The maximum Gasteiger partial charge on any atom is 0.433 e. The van der Waals surface area contributed by atoms with E-state index in [0.29, 0.717) is 5.69 Å². The van der Waals surface area contributed by atoms with Crippen LogP contribution in [-0.4, -0.2) is 14.9 Å². The quantitative estimate of drug-likeness (QED) is 0.792. The molecule has 0 spiro atoms. The van der Waals surface area contributed by atoms with E-state index >= 15 is 0 Å². The fourth-order valence-electron chi connectivity index (χ4n) is 1.13. The summed E-state index contributed by atoms with van der Waals surface area (Å²) in [6.07, 6.45) is -0.890. The molecule has 78 valence electrons. The van der Waals surface area contributed by atoms with Crippen molar-refractivity contribution in [3.8, 4) is 11.3 Å². The summed E-state index contributed by atoms with van der Waals surface area (Å²) in [5.41, 5.74) is -0.374. The van der Waals surface area contributed by atoms with E-state index in [1.165, 1.54) is 18.6 Å². The van der Waals surface area contributed by atoms with E-state index in [9.17, 15) is 13.2 Å². The molecule has 6 heteroatoms. The van der Waals surface area contributed by atoms with Gasteiger partial charge in [0.15, 0.2) is 1.41 Å². The van der Waals surface area contributed by atoms with E-state index in [4.69, 9.17) is 1.41 Å². The number of aromatic nitrogens is 3. The predicted octanol–water partition coefficient (Wildman–Crippen LogP) is 2.49. The Morgan fingerprint density at radius 1 is 1.33 bits per heavy atom. The van der Waals surface area contributed by atoms with Gasteiger partial charge < -0.3 is 4.98 Å². The highest BCUT2D eigenvalue weighted by Crippen LogP contribution is 2.29. The van der Waals surface area contributed by atoms with E-state index in [1.54, 1.807) is 0 Å².